The van der Waals surface area contributed by atoms with E-state index in [1.807, 2.05) is 19.2 Å². The highest BCUT2D eigenvalue weighted by Gasteiger charge is 2.29. The molecule has 4 heteroatoms. The molecule has 0 unspecified atom stereocenters. The monoisotopic (exact) mass is 294 g/mol. The Bertz CT molecular complexity index is 683. The topological polar surface area (TPSA) is 41.1 Å². The lowest BCUT2D eigenvalue weighted by molar-refractivity contribution is 0.152. The van der Waals surface area contributed by atoms with Gasteiger partial charge in [-0.1, -0.05) is 18.2 Å². The van der Waals surface area contributed by atoms with Crippen LogP contribution in [0.2, 0.25) is 0 Å². The number of aromatic nitrogens is 2. The Morgan fingerprint density at radius 3 is 3.14 bits per heavy atom. The van der Waals surface area contributed by atoms with Crippen LogP contribution in [0.15, 0.2) is 30.5 Å². The Labute approximate surface area is 131 Å². The number of fused-ring (bicyclic) bond motifs is 3. The molecule has 2 aromatic rings. The van der Waals surface area contributed by atoms with Gasteiger partial charge in [-0.3, -0.25) is 4.90 Å². The number of nitrogens with zero attached hydrogens (tertiary/aromatic N) is 3. The van der Waals surface area contributed by atoms with E-state index in [-0.39, 0.29) is 0 Å². The second-order valence-electron chi connectivity index (χ2n) is 6.33. The first-order valence-corrected chi connectivity index (χ1v) is 8.14. The van der Waals surface area contributed by atoms with Crippen molar-refractivity contribution in [3.8, 4) is 0 Å². The van der Waals surface area contributed by atoms with Crippen LogP contribution >= 0.6 is 0 Å². The first kappa shape index (κ1) is 13.9. The maximum Gasteiger partial charge on any atom is 0.132 e. The van der Waals surface area contributed by atoms with Gasteiger partial charge in [0.2, 0.25) is 0 Å². The van der Waals surface area contributed by atoms with Crippen molar-refractivity contribution in [2.24, 2.45) is 0 Å². The summed E-state index contributed by atoms with van der Waals surface area (Å²) in [5.41, 5.74) is 5.37. The summed E-state index contributed by atoms with van der Waals surface area (Å²) in [5.74, 6) is 0.914. The fraction of sp³-hybridized carbons (Fsp3) is 0.444. The van der Waals surface area contributed by atoms with E-state index in [1.165, 1.54) is 29.8 Å². The molecule has 2 aliphatic heterocycles. The van der Waals surface area contributed by atoms with Crippen LogP contribution in [0.4, 0.5) is 0 Å². The highest BCUT2D eigenvalue weighted by Crippen LogP contribution is 2.31. The molecular weight excluding hydrogens is 272 g/mol. The summed E-state index contributed by atoms with van der Waals surface area (Å²) in [5, 5.41) is 3.52. The maximum atomic E-state index is 4.52. The predicted octanol–water partition coefficient (Wildman–Crippen LogP) is 1.88. The second-order valence-corrected chi connectivity index (χ2v) is 6.33. The third-order valence-electron chi connectivity index (χ3n) is 4.80. The fourth-order valence-corrected chi connectivity index (χ4v) is 3.66. The molecule has 4 nitrogen and oxygen atoms in total. The zero-order valence-electron chi connectivity index (χ0n) is 13.0. The number of rotatable bonds is 2. The highest BCUT2D eigenvalue weighted by molar-refractivity contribution is 5.38. The minimum atomic E-state index is 0.557. The van der Waals surface area contributed by atoms with Crippen LogP contribution < -0.4 is 5.32 Å². The third-order valence-corrected chi connectivity index (χ3v) is 4.80. The van der Waals surface area contributed by atoms with Crippen molar-refractivity contribution in [3.63, 3.8) is 0 Å². The van der Waals surface area contributed by atoms with Crippen LogP contribution in [0, 0.1) is 6.92 Å². The lowest BCUT2D eigenvalue weighted by Crippen LogP contribution is -2.48. The molecule has 1 N–H and O–H groups in total. The Balaban J connectivity index is 1.59. The zero-order chi connectivity index (χ0) is 14.9. The molecule has 1 saturated heterocycles. The molecule has 1 fully saturated rings. The van der Waals surface area contributed by atoms with Crippen LogP contribution in [-0.4, -0.2) is 41.0 Å². The Hall–Kier alpha value is -1.78. The largest absolute Gasteiger partial charge is 0.314 e. The van der Waals surface area contributed by atoms with E-state index in [0.29, 0.717) is 6.04 Å². The molecule has 114 valence electrons. The van der Waals surface area contributed by atoms with E-state index in [2.05, 4.69) is 38.4 Å². The summed E-state index contributed by atoms with van der Waals surface area (Å²) in [7, 11) is 0. The van der Waals surface area contributed by atoms with Crippen LogP contribution in [0.5, 0.6) is 0 Å². The van der Waals surface area contributed by atoms with Gasteiger partial charge in [-0.05, 0) is 36.1 Å². The second kappa shape index (κ2) is 5.78. The fourth-order valence-electron chi connectivity index (χ4n) is 3.66. The quantitative estimate of drug-likeness (QED) is 0.918. The van der Waals surface area contributed by atoms with E-state index in [4.69, 9.17) is 0 Å². The number of hydrogen-bond donors (Lipinski definition) is 1. The van der Waals surface area contributed by atoms with Crippen molar-refractivity contribution in [1.82, 2.24) is 20.2 Å². The van der Waals surface area contributed by atoms with Gasteiger partial charge >= 0.3 is 0 Å². The molecule has 0 amide bonds. The highest BCUT2D eigenvalue weighted by atomic mass is 15.2. The first-order valence-electron chi connectivity index (χ1n) is 8.14. The zero-order valence-corrected chi connectivity index (χ0v) is 13.0. The molecule has 2 aliphatic rings. The molecule has 0 saturated carbocycles. The van der Waals surface area contributed by atoms with Gasteiger partial charge in [0, 0.05) is 50.5 Å². The van der Waals surface area contributed by atoms with Crippen molar-refractivity contribution < 1.29 is 0 Å². The Morgan fingerprint density at radius 2 is 2.23 bits per heavy atom. The van der Waals surface area contributed by atoms with Gasteiger partial charge in [0.1, 0.15) is 5.82 Å². The number of piperazine rings is 1. The summed E-state index contributed by atoms with van der Waals surface area (Å²) in [6.45, 7) is 6.57. The van der Waals surface area contributed by atoms with Gasteiger partial charge in [-0.15, -0.1) is 0 Å². The van der Waals surface area contributed by atoms with Gasteiger partial charge in [-0.25, -0.2) is 9.97 Å². The molecule has 3 heterocycles. The van der Waals surface area contributed by atoms with Gasteiger partial charge in [0.05, 0.1) is 0 Å². The van der Waals surface area contributed by atoms with E-state index < -0.39 is 0 Å². The van der Waals surface area contributed by atoms with E-state index in [9.17, 15) is 0 Å². The van der Waals surface area contributed by atoms with Crippen molar-refractivity contribution in [2.75, 3.05) is 26.2 Å². The third kappa shape index (κ3) is 2.64. The number of nitrogens with one attached hydrogen (secondary N) is 1. The smallest absolute Gasteiger partial charge is 0.132 e. The summed E-state index contributed by atoms with van der Waals surface area (Å²) >= 11 is 0. The van der Waals surface area contributed by atoms with Gasteiger partial charge in [-0.2, -0.15) is 0 Å². The molecule has 0 radical (unpaired) electrons. The lowest BCUT2D eigenvalue weighted by Gasteiger charge is -2.41. The summed E-state index contributed by atoms with van der Waals surface area (Å²) in [4.78, 5) is 11.5. The maximum absolute atomic E-state index is 4.52. The van der Waals surface area contributed by atoms with Gasteiger partial charge < -0.3 is 5.32 Å². The van der Waals surface area contributed by atoms with Crippen molar-refractivity contribution in [2.45, 2.75) is 25.8 Å². The number of benzene rings is 1. The normalized spacial score (nSPS) is 21.2. The average molecular weight is 294 g/mol. The Morgan fingerprint density at radius 1 is 1.27 bits per heavy atom. The molecule has 0 bridgehead atoms. The van der Waals surface area contributed by atoms with Gasteiger partial charge in [0.25, 0.3) is 0 Å². The van der Waals surface area contributed by atoms with Crippen LogP contribution in [0.3, 0.4) is 0 Å². The van der Waals surface area contributed by atoms with E-state index in [1.54, 1.807) is 0 Å². The van der Waals surface area contributed by atoms with E-state index >= 15 is 0 Å². The van der Waals surface area contributed by atoms with Crippen LogP contribution in [0.25, 0.3) is 0 Å². The van der Waals surface area contributed by atoms with Crippen LogP contribution in [-0.2, 0) is 12.8 Å². The number of aryl methyl sites for hydroxylation is 1. The molecule has 0 aliphatic carbocycles. The molecule has 0 spiro atoms. The summed E-state index contributed by atoms with van der Waals surface area (Å²) < 4.78 is 0. The van der Waals surface area contributed by atoms with Crippen LogP contribution in [0.1, 0.15) is 34.3 Å². The summed E-state index contributed by atoms with van der Waals surface area (Å²) in [6, 6.07) is 9.45. The van der Waals surface area contributed by atoms with Crippen molar-refractivity contribution >= 4 is 0 Å². The molecule has 4 rings (SSSR count). The van der Waals surface area contributed by atoms with Crippen molar-refractivity contribution in [1.29, 1.82) is 0 Å². The van der Waals surface area contributed by atoms with E-state index in [0.717, 1.165) is 37.4 Å². The standard InChI is InChI=1S/C18H22N4/c1-13-4-6-20-18(21-13)11-14-2-3-16-15(10-14)5-8-22-9-7-19-12-17(16)22/h2-4,6,10,17,19H,5,7-9,11-12H2,1H3/t17-/m0/s1. The molecule has 22 heavy (non-hydrogen) atoms. The number of hydrogen-bond acceptors (Lipinski definition) is 4. The molecule has 1 aromatic heterocycles. The SMILES string of the molecule is Cc1ccnc(Cc2ccc3c(c2)CCN2CCNC[C@@H]32)n1. The average Bonchev–Trinajstić information content (AvgIpc) is 2.54. The minimum Gasteiger partial charge on any atom is -0.314 e. The lowest BCUT2D eigenvalue weighted by atomic mass is 9.89. The van der Waals surface area contributed by atoms with Crippen molar-refractivity contribution in [3.05, 3.63) is 58.7 Å². The first-order chi connectivity index (χ1) is 10.8. The van der Waals surface area contributed by atoms with Gasteiger partial charge in [0.15, 0.2) is 0 Å². The summed E-state index contributed by atoms with van der Waals surface area (Å²) in [6.07, 6.45) is 3.83. The minimum absolute atomic E-state index is 0.557. The Kier molecular flexibility index (Phi) is 3.64. The molecule has 1 atom stereocenters. The predicted molar refractivity (Wildman–Crippen MR) is 86.9 cm³/mol. The molecule has 1 aromatic carbocycles. The molecular formula is C18H22N4.